The van der Waals surface area contributed by atoms with Crippen LogP contribution in [0.25, 0.3) is 0 Å². The van der Waals surface area contributed by atoms with Crippen LogP contribution in [0.5, 0.6) is 0 Å². The average Bonchev–Trinajstić information content (AvgIpc) is 2.42. The van der Waals surface area contributed by atoms with Gasteiger partial charge < -0.3 is 10.2 Å². The van der Waals surface area contributed by atoms with Crippen LogP contribution in [-0.2, 0) is 20.1 Å². The Balaban J connectivity index is -0.000000240. The van der Waals surface area contributed by atoms with E-state index in [1.807, 2.05) is 0 Å². The van der Waals surface area contributed by atoms with Gasteiger partial charge in [0.1, 0.15) is 0 Å². The van der Waals surface area contributed by atoms with Gasteiger partial charge in [-0.1, -0.05) is 48.6 Å². The van der Waals surface area contributed by atoms with Gasteiger partial charge in [-0.2, -0.15) is 0 Å². The maximum absolute atomic E-state index is 7.00. The van der Waals surface area contributed by atoms with E-state index in [0.717, 1.165) is 14.2 Å². The molecule has 3 heteroatoms. The summed E-state index contributed by atoms with van der Waals surface area (Å²) < 4.78 is 0. The van der Waals surface area contributed by atoms with Gasteiger partial charge in [0.25, 0.3) is 0 Å². The Morgan fingerprint density at radius 2 is 0.476 bits per heavy atom. The van der Waals surface area contributed by atoms with E-state index < -0.39 is 0 Å². The molecule has 2 aliphatic rings. The Morgan fingerprint density at radius 3 is 0.571 bits per heavy atom. The van der Waals surface area contributed by atoms with E-state index >= 15 is 0 Å². The monoisotopic (exact) mass is 473 g/mol. The van der Waals surface area contributed by atoms with Crippen molar-refractivity contribution in [1.82, 2.24) is 0 Å². The zero-order valence-electron chi connectivity index (χ0n) is 13.5. The smallest absolute Gasteiger partial charge is 0.0319 e. The van der Waals surface area contributed by atoms with Crippen LogP contribution in [0.2, 0.25) is 0 Å². The number of aliphatic hydroxyl groups is 2. The van der Waals surface area contributed by atoms with Crippen LogP contribution in [0.3, 0.4) is 0 Å². The van der Waals surface area contributed by atoms with Crippen molar-refractivity contribution in [2.24, 2.45) is 0 Å². The van der Waals surface area contributed by atoms with Crippen LogP contribution >= 0.6 is 0 Å². The number of hydrogen-bond donors (Lipinski definition) is 2. The summed E-state index contributed by atoms with van der Waals surface area (Å²) in [4.78, 5) is 0. The van der Waals surface area contributed by atoms with Crippen molar-refractivity contribution in [3.63, 3.8) is 0 Å². The fourth-order valence-corrected chi connectivity index (χ4v) is 1.71. The van der Waals surface area contributed by atoms with E-state index in [1.54, 1.807) is 0 Å². The van der Waals surface area contributed by atoms with Gasteiger partial charge in [-0.05, 0) is 51.4 Å². The van der Waals surface area contributed by atoms with E-state index in [9.17, 15) is 0 Å². The molecule has 0 aromatic carbocycles. The number of allylic oxidation sites excluding steroid dienone is 8. The van der Waals surface area contributed by atoms with Gasteiger partial charge in [0, 0.05) is 34.3 Å². The van der Waals surface area contributed by atoms with Crippen molar-refractivity contribution in [2.75, 3.05) is 14.2 Å². The molecule has 0 heterocycles. The molecule has 21 heavy (non-hydrogen) atoms. The van der Waals surface area contributed by atoms with Gasteiger partial charge in [0.05, 0.1) is 0 Å². The molecule has 125 valence electrons. The molecule has 0 atom stereocenters. The first-order valence-corrected chi connectivity index (χ1v) is 7.49. The maximum Gasteiger partial charge on any atom is 0.0319 e. The van der Waals surface area contributed by atoms with E-state index in [1.165, 1.54) is 51.4 Å². The first-order chi connectivity index (χ1) is 10.0. The van der Waals surface area contributed by atoms with Crippen molar-refractivity contribution in [3.05, 3.63) is 48.6 Å². The van der Waals surface area contributed by atoms with Gasteiger partial charge in [-0.15, -0.1) is 0 Å². The van der Waals surface area contributed by atoms with Crippen molar-refractivity contribution in [2.45, 2.75) is 51.4 Å². The van der Waals surface area contributed by atoms with Crippen molar-refractivity contribution in [3.8, 4) is 0 Å². The van der Waals surface area contributed by atoms with Gasteiger partial charge in [0.15, 0.2) is 0 Å². The molecule has 1 radical (unpaired) electrons. The molecule has 0 amide bonds. The van der Waals surface area contributed by atoms with Gasteiger partial charge in [0.2, 0.25) is 0 Å². The number of aliphatic hydroxyl groups excluding tert-OH is 2. The molecule has 0 unspecified atom stereocenters. The number of hydrogen-bond acceptors (Lipinski definition) is 2. The second-order valence-electron chi connectivity index (χ2n) is 4.20. The Labute approximate surface area is 144 Å². The Kier molecular flexibility index (Phi) is 33.7. The molecule has 2 aliphatic carbocycles. The normalized spacial score (nSPS) is 15.8. The molecule has 0 saturated carbocycles. The van der Waals surface area contributed by atoms with Crippen LogP contribution in [0, 0.1) is 0 Å². The second kappa shape index (κ2) is 27.8. The second-order valence-corrected chi connectivity index (χ2v) is 4.20. The quantitative estimate of drug-likeness (QED) is 0.508. The molecule has 2 nitrogen and oxygen atoms in total. The molecule has 0 spiro atoms. The summed E-state index contributed by atoms with van der Waals surface area (Å²) in [6.07, 6.45) is 28.0. The summed E-state index contributed by atoms with van der Waals surface area (Å²) in [5, 5.41) is 14.0. The zero-order valence-corrected chi connectivity index (χ0v) is 15.9. The fraction of sp³-hybridized carbons (Fsp3) is 0.556. The van der Waals surface area contributed by atoms with Gasteiger partial charge in [-0.25, -0.2) is 0 Å². The van der Waals surface area contributed by atoms with Crippen LogP contribution in [0.4, 0.5) is 0 Å². The predicted octanol–water partition coefficient (Wildman–Crippen LogP) is 4.56. The first kappa shape index (κ1) is 25.5. The van der Waals surface area contributed by atoms with Crippen molar-refractivity contribution in [1.29, 1.82) is 0 Å². The Hall–Kier alpha value is -0.471. The molecule has 2 N–H and O–H groups in total. The van der Waals surface area contributed by atoms with E-state index in [2.05, 4.69) is 48.6 Å². The van der Waals surface area contributed by atoms with Gasteiger partial charge in [-0.3, -0.25) is 0 Å². The van der Waals surface area contributed by atoms with Crippen LogP contribution < -0.4 is 0 Å². The molecular formula is C18H32IrO2. The summed E-state index contributed by atoms with van der Waals surface area (Å²) in [5.74, 6) is 0. The largest absolute Gasteiger partial charge is 0.400 e. The van der Waals surface area contributed by atoms with E-state index in [-0.39, 0.29) is 20.1 Å². The first-order valence-electron chi connectivity index (χ1n) is 7.49. The van der Waals surface area contributed by atoms with E-state index in [4.69, 9.17) is 10.2 Å². The number of rotatable bonds is 0. The Bertz CT molecular complexity index is 188. The predicted molar refractivity (Wildman–Crippen MR) is 89.8 cm³/mol. The molecule has 0 saturated heterocycles. The van der Waals surface area contributed by atoms with Gasteiger partial charge >= 0.3 is 0 Å². The summed E-state index contributed by atoms with van der Waals surface area (Å²) in [5.41, 5.74) is 0. The minimum Gasteiger partial charge on any atom is -0.400 e. The SMILES string of the molecule is C1=CCCC=CCC1.C1=CCCC=CCC1.CO.CO.[Ir]. The minimum absolute atomic E-state index is 0. The third-order valence-corrected chi connectivity index (χ3v) is 2.67. The van der Waals surface area contributed by atoms with Crippen LogP contribution in [0.15, 0.2) is 48.6 Å². The summed E-state index contributed by atoms with van der Waals surface area (Å²) in [6.45, 7) is 0. The summed E-state index contributed by atoms with van der Waals surface area (Å²) >= 11 is 0. The average molecular weight is 473 g/mol. The molecule has 0 bridgehead atoms. The molecule has 0 aromatic heterocycles. The third kappa shape index (κ3) is 24.9. The van der Waals surface area contributed by atoms with Crippen LogP contribution in [-0.4, -0.2) is 24.4 Å². The molecule has 0 aliphatic heterocycles. The standard InChI is InChI=1S/2C8H12.2CH4O.Ir/c2*1-2-4-6-8-7-5-3-1;2*1-2;/h2*1-2,7-8H,3-6H2;2*2H,1H3;. The molecule has 0 aromatic rings. The third-order valence-electron chi connectivity index (χ3n) is 2.67. The molecule has 0 fully saturated rings. The maximum atomic E-state index is 7.00. The van der Waals surface area contributed by atoms with Crippen molar-refractivity contribution < 1.29 is 30.3 Å². The molecule has 2 rings (SSSR count). The summed E-state index contributed by atoms with van der Waals surface area (Å²) in [6, 6.07) is 0. The topological polar surface area (TPSA) is 40.5 Å². The van der Waals surface area contributed by atoms with Crippen molar-refractivity contribution >= 4 is 0 Å². The van der Waals surface area contributed by atoms with E-state index in [0.29, 0.717) is 0 Å². The zero-order chi connectivity index (χ0) is 15.3. The molecular weight excluding hydrogens is 440 g/mol. The Morgan fingerprint density at radius 1 is 0.381 bits per heavy atom. The van der Waals surface area contributed by atoms with Crippen LogP contribution in [0.1, 0.15) is 51.4 Å². The fourth-order valence-electron chi connectivity index (χ4n) is 1.71. The minimum atomic E-state index is 0. The summed E-state index contributed by atoms with van der Waals surface area (Å²) in [7, 11) is 2.00.